The van der Waals surface area contributed by atoms with E-state index in [1.54, 1.807) is 12.1 Å². The van der Waals surface area contributed by atoms with E-state index < -0.39 is 36.2 Å². The first kappa shape index (κ1) is 16.8. The largest absolute Gasteiger partial charge is 0.480 e. The molecule has 1 aromatic rings. The van der Waals surface area contributed by atoms with Crippen LogP contribution in [0.4, 0.5) is 4.39 Å². The van der Waals surface area contributed by atoms with Crippen LogP contribution >= 0.6 is 0 Å². The molecule has 2 amide bonds. The van der Waals surface area contributed by atoms with Crippen LogP contribution in [0.5, 0.6) is 0 Å². The summed E-state index contributed by atoms with van der Waals surface area (Å²) < 4.78 is 13.9. The number of hydrogen-bond donors (Lipinski definition) is 2. The highest BCUT2D eigenvalue weighted by Gasteiger charge is 2.35. The van der Waals surface area contributed by atoms with Crippen LogP contribution in [0.25, 0.3) is 0 Å². The number of carboxylic acid groups (broad SMARTS) is 1. The van der Waals surface area contributed by atoms with Gasteiger partial charge in [0.2, 0.25) is 0 Å². The third kappa shape index (κ3) is 3.62. The first-order chi connectivity index (χ1) is 11.0. The Morgan fingerprint density at radius 2 is 1.87 bits per heavy atom. The fraction of sp³-hybridized carbons (Fsp3) is 0.312. The molecule has 1 aliphatic heterocycles. The van der Waals surface area contributed by atoms with Crippen molar-refractivity contribution in [3.05, 3.63) is 47.3 Å². The molecule has 0 bridgehead atoms. The van der Waals surface area contributed by atoms with Crippen LogP contribution in [0, 0.1) is 0 Å². The fourth-order valence-electron chi connectivity index (χ4n) is 2.40. The Bertz CT molecular complexity index is 637. The predicted octanol–water partition coefficient (Wildman–Crippen LogP) is 1.59. The van der Waals surface area contributed by atoms with E-state index in [9.17, 15) is 18.8 Å². The van der Waals surface area contributed by atoms with Crippen LogP contribution in [0.15, 0.2) is 36.2 Å². The minimum atomic E-state index is -1.01. The number of nitrogens with zero attached hydrogens (tertiary/aromatic N) is 1. The van der Waals surface area contributed by atoms with Gasteiger partial charge in [-0.1, -0.05) is 18.2 Å². The number of likely N-dealkylation sites (N-methyl/N-ethyl adjacent to an activating group) is 1. The molecule has 1 aliphatic rings. The van der Waals surface area contributed by atoms with Gasteiger partial charge in [0.15, 0.2) is 0 Å². The molecule has 0 radical (unpaired) electrons. The summed E-state index contributed by atoms with van der Waals surface area (Å²) in [5.74, 6) is -2.69. The Balaban J connectivity index is 1.97. The summed E-state index contributed by atoms with van der Waals surface area (Å²) in [5.41, 5.74) is 0.540. The Hall–Kier alpha value is -2.54. The summed E-state index contributed by atoms with van der Waals surface area (Å²) in [7, 11) is 1.51. The van der Waals surface area contributed by atoms with Gasteiger partial charge in [0.1, 0.15) is 11.9 Å². The number of carbonyl (C=O) groups excluding carboxylic acids is 2. The van der Waals surface area contributed by atoms with Gasteiger partial charge in [-0.05, 0) is 32.0 Å². The van der Waals surface area contributed by atoms with Crippen LogP contribution in [-0.4, -0.2) is 47.4 Å². The van der Waals surface area contributed by atoms with E-state index in [1.165, 1.54) is 25.3 Å². The Morgan fingerprint density at radius 1 is 1.30 bits per heavy atom. The minimum absolute atomic E-state index is 0.187. The maximum atomic E-state index is 13.9. The average molecular weight is 320 g/mol. The van der Waals surface area contributed by atoms with Gasteiger partial charge >= 0.3 is 5.97 Å². The third-order valence-electron chi connectivity index (χ3n) is 3.66. The lowest BCUT2D eigenvalue weighted by Crippen LogP contribution is -2.33. The zero-order chi connectivity index (χ0) is 17.0. The number of imide groups is 1. The van der Waals surface area contributed by atoms with Gasteiger partial charge in [-0.3, -0.25) is 19.3 Å². The Kier molecular flexibility index (Phi) is 5.23. The molecule has 0 aromatic heterocycles. The molecular weight excluding hydrogens is 303 g/mol. The number of hydrogen-bond acceptors (Lipinski definition) is 4. The normalized spacial score (nSPS) is 15.7. The number of nitrogens with one attached hydrogen (secondary N) is 1. The zero-order valence-corrected chi connectivity index (χ0v) is 12.6. The van der Waals surface area contributed by atoms with E-state index in [0.29, 0.717) is 0 Å². The number of aliphatic carboxylic acids is 1. The second-order valence-corrected chi connectivity index (χ2v) is 5.15. The number of carbonyl (C=O) groups is 3. The molecule has 0 saturated heterocycles. The molecule has 0 aliphatic carbocycles. The standard InChI is InChI=1S/C16H17FN2O4/c1-18-13(16(22)23)8-4-5-10(17)9-19-14(20)11-6-2-3-7-12(11)15(19)21/h2-3,5-7,13,18H,4,8-9H2,1H3,(H,22,23)/t13-/m0/s1. The van der Waals surface area contributed by atoms with Crippen molar-refractivity contribution in [2.75, 3.05) is 13.6 Å². The van der Waals surface area contributed by atoms with E-state index in [4.69, 9.17) is 5.11 Å². The van der Waals surface area contributed by atoms with Crippen molar-refractivity contribution in [1.82, 2.24) is 10.2 Å². The number of fused-ring (bicyclic) bond motifs is 1. The summed E-state index contributed by atoms with van der Waals surface area (Å²) in [4.78, 5) is 35.8. The summed E-state index contributed by atoms with van der Waals surface area (Å²) in [6, 6.07) is 5.58. The van der Waals surface area contributed by atoms with Crippen molar-refractivity contribution in [3.63, 3.8) is 0 Å². The van der Waals surface area contributed by atoms with Crippen molar-refractivity contribution >= 4 is 17.8 Å². The molecule has 1 aromatic carbocycles. The lowest BCUT2D eigenvalue weighted by atomic mass is 10.1. The molecule has 122 valence electrons. The lowest BCUT2D eigenvalue weighted by Gasteiger charge is -2.12. The van der Waals surface area contributed by atoms with Crippen LogP contribution in [0.3, 0.4) is 0 Å². The van der Waals surface area contributed by atoms with E-state index in [1.807, 2.05) is 0 Å². The van der Waals surface area contributed by atoms with Crippen molar-refractivity contribution < 1.29 is 23.9 Å². The molecule has 0 unspecified atom stereocenters. The molecule has 0 spiro atoms. The molecule has 2 rings (SSSR count). The van der Waals surface area contributed by atoms with E-state index in [2.05, 4.69) is 5.32 Å². The summed E-state index contributed by atoms with van der Waals surface area (Å²) in [6.07, 6.45) is 1.60. The van der Waals surface area contributed by atoms with Crippen LogP contribution in [-0.2, 0) is 4.79 Å². The highest BCUT2D eigenvalue weighted by atomic mass is 19.1. The molecule has 0 saturated carbocycles. The number of benzene rings is 1. The van der Waals surface area contributed by atoms with Gasteiger partial charge in [0, 0.05) is 0 Å². The smallest absolute Gasteiger partial charge is 0.320 e. The quantitative estimate of drug-likeness (QED) is 0.745. The fourth-order valence-corrected chi connectivity index (χ4v) is 2.40. The molecule has 2 N–H and O–H groups in total. The van der Waals surface area contributed by atoms with Gasteiger partial charge in [0.25, 0.3) is 11.8 Å². The summed E-state index contributed by atoms with van der Waals surface area (Å²) >= 11 is 0. The molecule has 6 nitrogen and oxygen atoms in total. The molecule has 23 heavy (non-hydrogen) atoms. The second kappa shape index (κ2) is 7.15. The van der Waals surface area contributed by atoms with Crippen LogP contribution in [0.2, 0.25) is 0 Å². The Morgan fingerprint density at radius 3 is 2.35 bits per heavy atom. The van der Waals surface area contributed by atoms with Gasteiger partial charge in [-0.25, -0.2) is 4.39 Å². The van der Waals surface area contributed by atoms with Gasteiger partial charge in [0.05, 0.1) is 17.7 Å². The van der Waals surface area contributed by atoms with Crippen molar-refractivity contribution in [3.8, 4) is 0 Å². The summed E-state index contributed by atoms with van der Waals surface area (Å²) in [6.45, 7) is -0.441. The highest BCUT2D eigenvalue weighted by Crippen LogP contribution is 2.23. The topological polar surface area (TPSA) is 86.7 Å². The molecular formula is C16H17FN2O4. The van der Waals surface area contributed by atoms with E-state index in [-0.39, 0.29) is 24.0 Å². The molecule has 1 heterocycles. The number of rotatable bonds is 7. The van der Waals surface area contributed by atoms with E-state index in [0.717, 1.165) is 4.90 Å². The Labute approximate surface area is 132 Å². The molecule has 7 heteroatoms. The molecule has 1 atom stereocenters. The highest BCUT2D eigenvalue weighted by molar-refractivity contribution is 6.21. The molecule has 0 fully saturated rings. The maximum absolute atomic E-state index is 13.9. The minimum Gasteiger partial charge on any atom is -0.480 e. The number of halogens is 1. The summed E-state index contributed by atoms with van der Waals surface area (Å²) in [5, 5.41) is 11.5. The number of allylic oxidation sites excluding steroid dienone is 1. The third-order valence-corrected chi connectivity index (χ3v) is 3.66. The van der Waals surface area contributed by atoms with Crippen molar-refractivity contribution in [2.45, 2.75) is 18.9 Å². The van der Waals surface area contributed by atoms with Gasteiger partial charge in [-0.2, -0.15) is 0 Å². The SMILES string of the molecule is CN[C@@H](CCC=C(F)CN1C(=O)c2ccccc2C1=O)C(=O)O. The first-order valence-electron chi connectivity index (χ1n) is 7.15. The second-order valence-electron chi connectivity index (χ2n) is 5.15. The average Bonchev–Trinajstić information content (AvgIpc) is 2.77. The van der Waals surface area contributed by atoms with Gasteiger partial charge < -0.3 is 10.4 Å². The monoisotopic (exact) mass is 320 g/mol. The van der Waals surface area contributed by atoms with E-state index >= 15 is 0 Å². The van der Waals surface area contributed by atoms with Crippen LogP contribution < -0.4 is 5.32 Å². The number of carboxylic acids is 1. The first-order valence-corrected chi connectivity index (χ1v) is 7.15. The van der Waals surface area contributed by atoms with Crippen LogP contribution in [0.1, 0.15) is 33.6 Å². The lowest BCUT2D eigenvalue weighted by molar-refractivity contribution is -0.139. The predicted molar refractivity (Wildman–Crippen MR) is 80.7 cm³/mol. The van der Waals surface area contributed by atoms with Crippen molar-refractivity contribution in [2.24, 2.45) is 0 Å². The van der Waals surface area contributed by atoms with Crippen molar-refractivity contribution in [1.29, 1.82) is 0 Å². The maximum Gasteiger partial charge on any atom is 0.320 e. The number of amides is 2. The zero-order valence-electron chi connectivity index (χ0n) is 12.6. The van der Waals surface area contributed by atoms with Gasteiger partial charge in [-0.15, -0.1) is 0 Å².